The minimum atomic E-state index is 0.336. The van der Waals surface area contributed by atoms with Crippen LogP contribution in [0.5, 0.6) is 0 Å². The molecule has 0 aliphatic heterocycles. The zero-order chi connectivity index (χ0) is 40.7. The molecule has 0 fully saturated rings. The second-order valence-corrected chi connectivity index (χ2v) is 16.6. The van der Waals surface area contributed by atoms with E-state index in [0.717, 1.165) is 22.7 Å². The summed E-state index contributed by atoms with van der Waals surface area (Å²) in [6.07, 6.45) is 0. The first-order valence-corrected chi connectivity index (χ1v) is 21.2. The van der Waals surface area contributed by atoms with Crippen molar-refractivity contribution in [2.45, 2.75) is 39.5 Å². The average Bonchev–Trinajstić information content (AvgIpc) is 3.29. The van der Waals surface area contributed by atoms with Crippen LogP contribution >= 0.6 is 0 Å². The van der Waals surface area contributed by atoms with Gasteiger partial charge in [0.1, 0.15) is 0 Å². The first-order chi connectivity index (χ1) is 29.4. The highest BCUT2D eigenvalue weighted by Crippen LogP contribution is 2.47. The van der Waals surface area contributed by atoms with Gasteiger partial charge in [-0.3, -0.25) is 0 Å². The number of nitrogens with zero attached hydrogens (tertiary/aromatic N) is 2. The van der Waals surface area contributed by atoms with Gasteiger partial charge in [-0.25, -0.2) is 0 Å². The van der Waals surface area contributed by atoms with Gasteiger partial charge in [0.25, 0.3) is 0 Å². The van der Waals surface area contributed by atoms with Crippen LogP contribution in [0.3, 0.4) is 0 Å². The predicted octanol–water partition coefficient (Wildman–Crippen LogP) is 17.1. The summed E-state index contributed by atoms with van der Waals surface area (Å²) in [5.74, 6) is 0.673. The molecule has 0 aliphatic rings. The number of anilines is 6. The van der Waals surface area contributed by atoms with Gasteiger partial charge >= 0.3 is 0 Å². The Hall–Kier alpha value is -7.16. The van der Waals surface area contributed by atoms with E-state index in [0.29, 0.717) is 11.8 Å². The van der Waals surface area contributed by atoms with Crippen molar-refractivity contribution >= 4 is 66.4 Å². The fourth-order valence-corrected chi connectivity index (χ4v) is 9.14. The molecule has 10 aromatic carbocycles. The fraction of sp³-hybridized carbons (Fsp3) is 0.103. The normalized spacial score (nSPS) is 11.6. The summed E-state index contributed by atoms with van der Waals surface area (Å²) in [6, 6.07) is 75.9. The van der Waals surface area contributed by atoms with Gasteiger partial charge in [-0.2, -0.15) is 0 Å². The zero-order valence-corrected chi connectivity index (χ0v) is 34.7. The summed E-state index contributed by atoms with van der Waals surface area (Å²) in [4.78, 5) is 4.92. The van der Waals surface area contributed by atoms with E-state index in [2.05, 4.69) is 244 Å². The molecule has 10 rings (SSSR count). The molecule has 0 aromatic heterocycles. The predicted molar refractivity (Wildman–Crippen MR) is 259 cm³/mol. The highest BCUT2D eigenvalue weighted by molar-refractivity contribution is 6.24. The van der Waals surface area contributed by atoms with E-state index in [1.54, 1.807) is 0 Å². The Morgan fingerprint density at radius 3 is 0.917 bits per heavy atom. The van der Waals surface area contributed by atoms with Gasteiger partial charge in [0, 0.05) is 22.7 Å². The van der Waals surface area contributed by atoms with Crippen molar-refractivity contribution < 1.29 is 0 Å². The number of rotatable bonds is 10. The molecule has 0 saturated carbocycles. The molecule has 10 aromatic rings. The molecule has 0 saturated heterocycles. The van der Waals surface area contributed by atoms with E-state index in [1.165, 1.54) is 77.1 Å². The maximum absolute atomic E-state index is 2.46. The van der Waals surface area contributed by atoms with Crippen molar-refractivity contribution in [1.82, 2.24) is 0 Å². The lowest BCUT2D eigenvalue weighted by molar-refractivity contribution is 0.864. The number of benzene rings is 10. The monoisotopic (exact) mass is 772 g/mol. The minimum absolute atomic E-state index is 0.336. The Labute approximate surface area is 354 Å². The van der Waals surface area contributed by atoms with Gasteiger partial charge in [0.05, 0.1) is 11.4 Å². The molecule has 0 amide bonds. The van der Waals surface area contributed by atoms with Crippen LogP contribution in [0.1, 0.15) is 50.7 Å². The van der Waals surface area contributed by atoms with Crippen molar-refractivity contribution in [3.8, 4) is 22.3 Å². The first kappa shape index (κ1) is 37.1. The Morgan fingerprint density at radius 2 is 0.600 bits per heavy atom. The van der Waals surface area contributed by atoms with E-state index >= 15 is 0 Å². The van der Waals surface area contributed by atoms with Gasteiger partial charge in [-0.1, -0.05) is 173 Å². The van der Waals surface area contributed by atoms with Crippen molar-refractivity contribution in [3.63, 3.8) is 0 Å². The lowest BCUT2D eigenvalue weighted by Crippen LogP contribution is -2.13. The summed E-state index contributed by atoms with van der Waals surface area (Å²) in [5.41, 5.74) is 14.5. The summed E-state index contributed by atoms with van der Waals surface area (Å²) in [6.45, 7) is 9.17. The summed E-state index contributed by atoms with van der Waals surface area (Å²) in [5, 5.41) is 7.54. The van der Waals surface area contributed by atoms with Crippen LogP contribution in [0, 0.1) is 0 Å². The number of hydrogen-bond donors (Lipinski definition) is 0. The number of para-hydroxylation sites is 2. The van der Waals surface area contributed by atoms with Gasteiger partial charge < -0.3 is 9.80 Å². The summed E-state index contributed by atoms with van der Waals surface area (Å²) >= 11 is 0. The van der Waals surface area contributed by atoms with Crippen LogP contribution in [-0.2, 0) is 0 Å². The van der Waals surface area contributed by atoms with E-state index in [1.807, 2.05) is 0 Å². The van der Waals surface area contributed by atoms with Gasteiger partial charge in [0.2, 0.25) is 0 Å². The molecule has 0 unspecified atom stereocenters. The lowest BCUT2D eigenvalue weighted by atomic mass is 9.91. The molecule has 0 radical (unpaired) electrons. The van der Waals surface area contributed by atoms with Gasteiger partial charge in [-0.05, 0) is 138 Å². The maximum Gasteiger partial charge on any atom is 0.0502 e. The molecule has 2 nitrogen and oxygen atoms in total. The quantitative estimate of drug-likeness (QED) is 0.128. The molecule has 0 heterocycles. The lowest BCUT2D eigenvalue weighted by Gasteiger charge is -2.31. The Morgan fingerprint density at radius 1 is 0.283 bits per heavy atom. The average molecular weight is 773 g/mol. The van der Waals surface area contributed by atoms with E-state index in [4.69, 9.17) is 0 Å². The highest BCUT2D eigenvalue weighted by atomic mass is 15.2. The van der Waals surface area contributed by atoms with Crippen molar-refractivity contribution in [2.24, 2.45) is 0 Å². The molecule has 0 spiro atoms. The van der Waals surface area contributed by atoms with E-state index in [9.17, 15) is 0 Å². The highest BCUT2D eigenvalue weighted by Gasteiger charge is 2.23. The molecule has 0 N–H and O–H groups in total. The van der Waals surface area contributed by atoms with Crippen LogP contribution in [0.2, 0.25) is 0 Å². The smallest absolute Gasteiger partial charge is 0.0502 e. The Bertz CT molecular complexity index is 2800. The second-order valence-electron chi connectivity index (χ2n) is 16.6. The third kappa shape index (κ3) is 6.74. The molecule has 0 bridgehead atoms. The van der Waals surface area contributed by atoms with Crippen molar-refractivity contribution in [1.29, 1.82) is 0 Å². The SMILES string of the molecule is CC(C)c1ccc(-c2ccccc2)cc1N(c1ccccc1)c1cc2ccc3cc(N(c4ccccc4)c4cc(-c5ccccc5)ccc4C(C)C)cc4ccc(c1)c2c34. The van der Waals surface area contributed by atoms with Crippen LogP contribution in [0.15, 0.2) is 206 Å². The van der Waals surface area contributed by atoms with Crippen molar-refractivity contribution in [2.75, 3.05) is 9.80 Å². The molecule has 0 atom stereocenters. The standard InChI is InChI=1S/C58H48N2/c1-39(2)53-31-29-43(41-17-9-5-10-18-41)37-55(53)59(49-21-13-7-14-22-49)51-33-45-25-27-47-35-52(36-48-28-26-46(34-51)57(45)58(47)48)60(50-23-15-8-16-24-50)56-38-44(30-32-54(56)40(3)4)42-19-11-6-12-20-42/h5-40H,1-4H3. The molecule has 60 heavy (non-hydrogen) atoms. The summed E-state index contributed by atoms with van der Waals surface area (Å²) in [7, 11) is 0. The fourth-order valence-electron chi connectivity index (χ4n) is 9.14. The van der Waals surface area contributed by atoms with Gasteiger partial charge in [-0.15, -0.1) is 0 Å². The third-order valence-corrected chi connectivity index (χ3v) is 12.0. The minimum Gasteiger partial charge on any atom is -0.310 e. The topological polar surface area (TPSA) is 6.48 Å². The van der Waals surface area contributed by atoms with E-state index in [-0.39, 0.29) is 0 Å². The van der Waals surface area contributed by atoms with E-state index < -0.39 is 0 Å². The molecular formula is C58H48N2. The second kappa shape index (κ2) is 15.5. The molecular weight excluding hydrogens is 725 g/mol. The Kier molecular flexibility index (Phi) is 9.62. The Balaban J connectivity index is 1.15. The van der Waals surface area contributed by atoms with Crippen LogP contribution in [0.25, 0.3) is 54.6 Å². The molecule has 0 aliphatic carbocycles. The first-order valence-electron chi connectivity index (χ1n) is 21.2. The zero-order valence-electron chi connectivity index (χ0n) is 34.7. The van der Waals surface area contributed by atoms with Crippen molar-refractivity contribution in [3.05, 3.63) is 217 Å². The van der Waals surface area contributed by atoms with Crippen LogP contribution in [-0.4, -0.2) is 0 Å². The van der Waals surface area contributed by atoms with Gasteiger partial charge in [0.15, 0.2) is 0 Å². The van der Waals surface area contributed by atoms with Crippen LogP contribution < -0.4 is 9.80 Å². The maximum atomic E-state index is 2.46. The van der Waals surface area contributed by atoms with Crippen LogP contribution in [0.4, 0.5) is 34.1 Å². The number of hydrogen-bond acceptors (Lipinski definition) is 2. The molecule has 2 heteroatoms. The third-order valence-electron chi connectivity index (χ3n) is 12.0. The largest absolute Gasteiger partial charge is 0.310 e. The molecule has 290 valence electrons. The summed E-state index contributed by atoms with van der Waals surface area (Å²) < 4.78 is 0.